The molecule has 0 unspecified atom stereocenters. The van der Waals surface area contributed by atoms with Crippen LogP contribution in [0.2, 0.25) is 0 Å². The van der Waals surface area contributed by atoms with Gasteiger partial charge in [-0.05, 0) is 19.1 Å². The van der Waals surface area contributed by atoms with E-state index in [1.54, 1.807) is 0 Å². The number of allylic oxidation sites excluding steroid dienone is 3. The Morgan fingerprint density at radius 1 is 1.23 bits per heavy atom. The van der Waals surface area contributed by atoms with Gasteiger partial charge in [0.15, 0.2) is 11.6 Å². The van der Waals surface area contributed by atoms with E-state index in [1.165, 1.54) is 14.0 Å². The minimum absolute atomic E-state index is 0.138. The van der Waals surface area contributed by atoms with Gasteiger partial charge in [-0.2, -0.15) is 0 Å². The Balaban J connectivity index is 3.17. The molecule has 13 heavy (non-hydrogen) atoms. The van der Waals surface area contributed by atoms with Crippen LogP contribution in [0.15, 0.2) is 23.3 Å². The van der Waals surface area contributed by atoms with Crippen molar-refractivity contribution >= 4 is 17.5 Å². The Morgan fingerprint density at radius 2 is 1.77 bits per heavy atom. The lowest BCUT2D eigenvalue weighted by molar-refractivity contribution is -0.137. The molecule has 0 N–H and O–H groups in total. The number of methoxy groups -OCH3 is 1. The smallest absolute Gasteiger partial charge is 0.342 e. The van der Waals surface area contributed by atoms with Crippen LogP contribution in [-0.4, -0.2) is 24.6 Å². The Morgan fingerprint density at radius 3 is 2.31 bits per heavy atom. The summed E-state index contributed by atoms with van der Waals surface area (Å²) >= 11 is 0. The number of esters is 1. The fraction of sp³-hybridized carbons (Fsp3) is 0.222. The summed E-state index contributed by atoms with van der Waals surface area (Å²) in [7, 11) is 1.17. The van der Waals surface area contributed by atoms with Gasteiger partial charge >= 0.3 is 5.97 Å². The zero-order valence-corrected chi connectivity index (χ0v) is 7.29. The van der Waals surface area contributed by atoms with Crippen LogP contribution in [0.4, 0.5) is 0 Å². The van der Waals surface area contributed by atoms with Gasteiger partial charge in [0.25, 0.3) is 0 Å². The topological polar surface area (TPSA) is 60.4 Å². The molecule has 0 atom stereocenters. The molecule has 0 aliphatic heterocycles. The standard InChI is InChI=1S/C9H8O4/c1-5-6(10)3-4-7(11)8(5)9(12)13-2/h3-4H,1-2H3. The highest BCUT2D eigenvalue weighted by atomic mass is 16.5. The first kappa shape index (κ1) is 9.38. The van der Waals surface area contributed by atoms with Crippen LogP contribution < -0.4 is 0 Å². The van der Waals surface area contributed by atoms with Crippen molar-refractivity contribution in [3.8, 4) is 0 Å². The summed E-state index contributed by atoms with van der Waals surface area (Å²) in [5.74, 6) is -1.58. The number of carbonyl (C=O) groups excluding carboxylic acids is 3. The SMILES string of the molecule is COC(=O)C1=C(C)C(=O)C=CC1=O. The fourth-order valence-electron chi connectivity index (χ4n) is 1.02. The van der Waals surface area contributed by atoms with Crippen LogP contribution in [0, 0.1) is 0 Å². The van der Waals surface area contributed by atoms with Crippen LogP contribution in [-0.2, 0) is 19.1 Å². The van der Waals surface area contributed by atoms with E-state index in [1.807, 2.05) is 0 Å². The first-order valence-corrected chi connectivity index (χ1v) is 3.64. The molecule has 0 saturated carbocycles. The highest BCUT2D eigenvalue weighted by Gasteiger charge is 2.25. The number of hydrogen-bond donors (Lipinski definition) is 0. The molecule has 0 heterocycles. The van der Waals surface area contributed by atoms with Crippen molar-refractivity contribution in [2.24, 2.45) is 0 Å². The van der Waals surface area contributed by atoms with Gasteiger partial charge in [0.1, 0.15) is 5.57 Å². The molecule has 0 amide bonds. The molecular weight excluding hydrogens is 172 g/mol. The maximum Gasteiger partial charge on any atom is 0.342 e. The largest absolute Gasteiger partial charge is 0.465 e. The first-order chi connectivity index (χ1) is 6.07. The van der Waals surface area contributed by atoms with E-state index in [-0.39, 0.29) is 16.9 Å². The summed E-state index contributed by atoms with van der Waals surface area (Å²) in [5, 5.41) is 0. The first-order valence-electron chi connectivity index (χ1n) is 3.64. The summed E-state index contributed by atoms with van der Waals surface area (Å²) in [6.07, 6.45) is 2.21. The van der Waals surface area contributed by atoms with Crippen LogP contribution in [0.3, 0.4) is 0 Å². The molecule has 0 saturated heterocycles. The molecule has 0 radical (unpaired) electrons. The minimum Gasteiger partial charge on any atom is -0.465 e. The minimum atomic E-state index is -0.764. The third-order valence-corrected chi connectivity index (χ3v) is 1.77. The van der Waals surface area contributed by atoms with Crippen molar-refractivity contribution in [1.82, 2.24) is 0 Å². The second-order valence-corrected chi connectivity index (χ2v) is 2.55. The third-order valence-electron chi connectivity index (χ3n) is 1.77. The average molecular weight is 180 g/mol. The molecule has 0 bridgehead atoms. The van der Waals surface area contributed by atoms with E-state index in [2.05, 4.69) is 4.74 Å². The van der Waals surface area contributed by atoms with Gasteiger partial charge in [0.05, 0.1) is 7.11 Å². The van der Waals surface area contributed by atoms with Crippen molar-refractivity contribution in [2.45, 2.75) is 6.92 Å². The second kappa shape index (κ2) is 3.35. The summed E-state index contributed by atoms with van der Waals surface area (Å²) in [6.45, 7) is 1.43. The Kier molecular flexibility index (Phi) is 2.41. The van der Waals surface area contributed by atoms with Gasteiger partial charge in [-0.1, -0.05) is 0 Å². The lowest BCUT2D eigenvalue weighted by atomic mass is 9.96. The van der Waals surface area contributed by atoms with Gasteiger partial charge in [-0.25, -0.2) is 4.79 Å². The molecule has 1 aliphatic rings. The Hall–Kier alpha value is -1.71. The number of rotatable bonds is 1. The maximum atomic E-state index is 11.2. The monoisotopic (exact) mass is 180 g/mol. The lowest BCUT2D eigenvalue weighted by Gasteiger charge is -2.08. The zero-order valence-electron chi connectivity index (χ0n) is 7.29. The molecule has 0 fully saturated rings. The van der Waals surface area contributed by atoms with E-state index in [0.29, 0.717) is 0 Å². The highest BCUT2D eigenvalue weighted by molar-refractivity contribution is 6.30. The van der Waals surface area contributed by atoms with E-state index in [0.717, 1.165) is 12.2 Å². The summed E-state index contributed by atoms with van der Waals surface area (Å²) in [6, 6.07) is 0. The molecule has 68 valence electrons. The number of ketones is 2. The zero-order chi connectivity index (χ0) is 10.0. The van der Waals surface area contributed by atoms with Crippen LogP contribution in [0.1, 0.15) is 6.92 Å². The van der Waals surface area contributed by atoms with Gasteiger partial charge in [0.2, 0.25) is 0 Å². The van der Waals surface area contributed by atoms with Gasteiger partial charge in [-0.3, -0.25) is 9.59 Å². The molecule has 0 aromatic carbocycles. The quantitative estimate of drug-likeness (QED) is 0.328. The summed E-state index contributed by atoms with van der Waals surface area (Å²) < 4.78 is 4.38. The maximum absolute atomic E-state index is 11.2. The number of carbonyl (C=O) groups is 3. The van der Waals surface area contributed by atoms with E-state index in [4.69, 9.17) is 0 Å². The lowest BCUT2D eigenvalue weighted by Crippen LogP contribution is -2.20. The van der Waals surface area contributed by atoms with Crippen molar-refractivity contribution < 1.29 is 19.1 Å². The van der Waals surface area contributed by atoms with Gasteiger partial charge in [-0.15, -0.1) is 0 Å². The predicted molar refractivity (Wildman–Crippen MR) is 43.9 cm³/mol. The van der Waals surface area contributed by atoms with Crippen LogP contribution >= 0.6 is 0 Å². The van der Waals surface area contributed by atoms with Crippen molar-refractivity contribution in [2.75, 3.05) is 7.11 Å². The molecule has 4 heteroatoms. The molecule has 1 rings (SSSR count). The van der Waals surface area contributed by atoms with Crippen LogP contribution in [0.25, 0.3) is 0 Å². The van der Waals surface area contributed by atoms with E-state index < -0.39 is 11.8 Å². The predicted octanol–water partition coefficient (Wildman–Crippen LogP) is 0.184. The van der Waals surface area contributed by atoms with Crippen molar-refractivity contribution in [3.05, 3.63) is 23.3 Å². The van der Waals surface area contributed by atoms with Crippen molar-refractivity contribution in [3.63, 3.8) is 0 Å². The summed E-state index contributed by atoms with van der Waals surface area (Å²) in [4.78, 5) is 33.3. The van der Waals surface area contributed by atoms with Gasteiger partial charge in [0, 0.05) is 5.57 Å². The normalized spacial score (nSPS) is 16.5. The molecular formula is C9H8O4. The summed E-state index contributed by atoms with van der Waals surface area (Å²) in [5.41, 5.74) is -0.0330. The van der Waals surface area contributed by atoms with Crippen LogP contribution in [0.5, 0.6) is 0 Å². The Labute approximate surface area is 74.9 Å². The van der Waals surface area contributed by atoms with Crippen molar-refractivity contribution in [1.29, 1.82) is 0 Å². The van der Waals surface area contributed by atoms with E-state index in [9.17, 15) is 14.4 Å². The fourth-order valence-corrected chi connectivity index (χ4v) is 1.02. The van der Waals surface area contributed by atoms with Gasteiger partial charge < -0.3 is 4.74 Å². The third kappa shape index (κ3) is 1.56. The molecule has 0 aromatic heterocycles. The highest BCUT2D eigenvalue weighted by Crippen LogP contribution is 2.14. The molecule has 0 spiro atoms. The number of hydrogen-bond acceptors (Lipinski definition) is 4. The number of ether oxygens (including phenoxy) is 1. The second-order valence-electron chi connectivity index (χ2n) is 2.55. The molecule has 0 aromatic rings. The molecule has 4 nitrogen and oxygen atoms in total. The Bertz CT molecular complexity index is 347. The molecule has 1 aliphatic carbocycles. The average Bonchev–Trinajstić information content (AvgIpc) is 2.12. The van der Waals surface area contributed by atoms with E-state index >= 15 is 0 Å².